The molecular formula is C16H25N3O. The summed E-state index contributed by atoms with van der Waals surface area (Å²) in [5.74, 6) is 0.0486. The second kappa shape index (κ2) is 6.75. The number of nitrogens with zero attached hydrogens (tertiary/aromatic N) is 1. The monoisotopic (exact) mass is 275 g/mol. The van der Waals surface area contributed by atoms with Crippen molar-refractivity contribution < 1.29 is 4.79 Å². The van der Waals surface area contributed by atoms with Crippen LogP contribution in [0.3, 0.4) is 0 Å². The van der Waals surface area contributed by atoms with Crippen LogP contribution >= 0.6 is 0 Å². The summed E-state index contributed by atoms with van der Waals surface area (Å²) in [6.07, 6.45) is 5.02. The molecule has 1 aromatic rings. The number of amides is 1. The van der Waals surface area contributed by atoms with Gasteiger partial charge in [0.25, 0.3) is 0 Å². The van der Waals surface area contributed by atoms with E-state index in [4.69, 9.17) is 5.73 Å². The molecule has 0 aromatic heterocycles. The van der Waals surface area contributed by atoms with E-state index in [-0.39, 0.29) is 5.91 Å². The predicted octanol–water partition coefficient (Wildman–Crippen LogP) is 2.78. The van der Waals surface area contributed by atoms with E-state index in [0.29, 0.717) is 18.3 Å². The molecular weight excluding hydrogens is 250 g/mol. The van der Waals surface area contributed by atoms with Crippen molar-refractivity contribution in [2.75, 3.05) is 24.1 Å². The summed E-state index contributed by atoms with van der Waals surface area (Å²) in [5, 5.41) is 2.98. The van der Waals surface area contributed by atoms with Gasteiger partial charge in [-0.05, 0) is 44.0 Å². The third-order valence-corrected chi connectivity index (χ3v) is 4.24. The van der Waals surface area contributed by atoms with Gasteiger partial charge in [0.15, 0.2) is 0 Å². The van der Waals surface area contributed by atoms with E-state index in [1.54, 1.807) is 0 Å². The lowest BCUT2D eigenvalue weighted by Gasteiger charge is -2.26. The maximum Gasteiger partial charge on any atom is 0.238 e. The zero-order valence-corrected chi connectivity index (χ0v) is 12.5. The number of nitrogen functional groups attached to an aromatic ring is 1. The molecule has 0 unspecified atom stereocenters. The van der Waals surface area contributed by atoms with Gasteiger partial charge in [-0.25, -0.2) is 0 Å². The summed E-state index contributed by atoms with van der Waals surface area (Å²) in [6, 6.07) is 6.19. The van der Waals surface area contributed by atoms with Crippen molar-refractivity contribution in [1.29, 1.82) is 0 Å². The van der Waals surface area contributed by atoms with Gasteiger partial charge < -0.3 is 11.1 Å². The standard InChI is InChI=1S/C16H25N3O/c1-3-19(13-7-4-5-8-13)11-16(20)18-15-10-6-9-14(17)12(15)2/h6,9-10,13H,3-5,7-8,11,17H2,1-2H3,(H,18,20). The fraction of sp³-hybridized carbons (Fsp3) is 0.562. The highest BCUT2D eigenvalue weighted by atomic mass is 16.2. The highest BCUT2D eigenvalue weighted by Crippen LogP contribution is 2.24. The van der Waals surface area contributed by atoms with Crippen LogP contribution in [-0.2, 0) is 4.79 Å². The van der Waals surface area contributed by atoms with E-state index in [0.717, 1.165) is 17.8 Å². The zero-order valence-electron chi connectivity index (χ0n) is 12.5. The van der Waals surface area contributed by atoms with Gasteiger partial charge in [0.05, 0.1) is 6.54 Å². The van der Waals surface area contributed by atoms with Crippen molar-refractivity contribution in [2.24, 2.45) is 0 Å². The van der Waals surface area contributed by atoms with Crippen molar-refractivity contribution in [3.8, 4) is 0 Å². The molecule has 0 atom stereocenters. The van der Waals surface area contributed by atoms with Crippen molar-refractivity contribution in [3.63, 3.8) is 0 Å². The summed E-state index contributed by atoms with van der Waals surface area (Å²) in [5.41, 5.74) is 8.33. The van der Waals surface area contributed by atoms with Gasteiger partial charge in [0.2, 0.25) is 5.91 Å². The maximum atomic E-state index is 12.2. The number of nitrogens with two attached hydrogens (primary N) is 1. The summed E-state index contributed by atoms with van der Waals surface area (Å²) in [4.78, 5) is 14.5. The smallest absolute Gasteiger partial charge is 0.238 e. The van der Waals surface area contributed by atoms with Crippen molar-refractivity contribution in [3.05, 3.63) is 23.8 Å². The van der Waals surface area contributed by atoms with Crippen LogP contribution in [-0.4, -0.2) is 29.9 Å². The van der Waals surface area contributed by atoms with Crippen LogP contribution in [0.2, 0.25) is 0 Å². The molecule has 1 amide bonds. The molecule has 4 nitrogen and oxygen atoms in total. The molecule has 1 fully saturated rings. The Kier molecular flexibility index (Phi) is 5.01. The quantitative estimate of drug-likeness (QED) is 0.812. The first kappa shape index (κ1) is 14.9. The number of carbonyl (C=O) groups is 1. The van der Waals surface area contributed by atoms with Crippen LogP contribution in [0, 0.1) is 6.92 Å². The Morgan fingerprint density at radius 1 is 1.40 bits per heavy atom. The highest BCUT2D eigenvalue weighted by molar-refractivity contribution is 5.93. The van der Waals surface area contributed by atoms with Crippen LogP contribution in [0.5, 0.6) is 0 Å². The number of rotatable bonds is 5. The van der Waals surface area contributed by atoms with Crippen LogP contribution in [0.1, 0.15) is 38.2 Å². The molecule has 4 heteroatoms. The molecule has 0 aliphatic heterocycles. The van der Waals surface area contributed by atoms with Crippen LogP contribution in [0.4, 0.5) is 11.4 Å². The maximum absolute atomic E-state index is 12.2. The van der Waals surface area contributed by atoms with E-state index >= 15 is 0 Å². The van der Waals surface area contributed by atoms with E-state index in [2.05, 4.69) is 17.1 Å². The number of anilines is 2. The fourth-order valence-electron chi connectivity index (χ4n) is 2.93. The van der Waals surface area contributed by atoms with E-state index in [1.165, 1.54) is 25.7 Å². The van der Waals surface area contributed by atoms with Crippen LogP contribution in [0.25, 0.3) is 0 Å². The molecule has 1 aliphatic carbocycles. The molecule has 20 heavy (non-hydrogen) atoms. The topological polar surface area (TPSA) is 58.4 Å². The van der Waals surface area contributed by atoms with E-state index < -0.39 is 0 Å². The Hall–Kier alpha value is -1.55. The average molecular weight is 275 g/mol. The van der Waals surface area contributed by atoms with E-state index in [9.17, 15) is 4.79 Å². The number of hydrogen-bond acceptors (Lipinski definition) is 3. The number of benzene rings is 1. The lowest BCUT2D eigenvalue weighted by Crippen LogP contribution is -2.39. The fourth-order valence-corrected chi connectivity index (χ4v) is 2.93. The molecule has 110 valence electrons. The van der Waals surface area contributed by atoms with Gasteiger partial charge in [0, 0.05) is 17.4 Å². The Morgan fingerprint density at radius 3 is 2.75 bits per heavy atom. The largest absolute Gasteiger partial charge is 0.398 e. The van der Waals surface area contributed by atoms with Gasteiger partial charge in [-0.15, -0.1) is 0 Å². The summed E-state index contributed by atoms with van der Waals surface area (Å²) >= 11 is 0. The normalized spacial score (nSPS) is 15.8. The number of likely N-dealkylation sites (N-methyl/N-ethyl adjacent to an activating group) is 1. The Bertz CT molecular complexity index is 467. The Balaban J connectivity index is 1.95. The Morgan fingerprint density at radius 2 is 2.10 bits per heavy atom. The molecule has 0 bridgehead atoms. The van der Waals surface area contributed by atoms with Gasteiger partial charge >= 0.3 is 0 Å². The minimum absolute atomic E-state index is 0.0486. The molecule has 0 saturated heterocycles. The van der Waals surface area contributed by atoms with Gasteiger partial charge in [-0.1, -0.05) is 25.8 Å². The molecule has 0 spiro atoms. The van der Waals surface area contributed by atoms with Crippen molar-refractivity contribution in [1.82, 2.24) is 4.90 Å². The van der Waals surface area contributed by atoms with Gasteiger partial charge in [0.1, 0.15) is 0 Å². The number of hydrogen-bond donors (Lipinski definition) is 2. The average Bonchev–Trinajstić information content (AvgIpc) is 2.95. The summed E-state index contributed by atoms with van der Waals surface area (Å²) < 4.78 is 0. The molecule has 0 heterocycles. The minimum Gasteiger partial charge on any atom is -0.398 e. The van der Waals surface area contributed by atoms with E-state index in [1.807, 2.05) is 25.1 Å². The third-order valence-electron chi connectivity index (χ3n) is 4.24. The second-order valence-electron chi connectivity index (χ2n) is 5.57. The highest BCUT2D eigenvalue weighted by Gasteiger charge is 2.23. The van der Waals surface area contributed by atoms with Gasteiger partial charge in [-0.2, -0.15) is 0 Å². The molecule has 1 aliphatic rings. The van der Waals surface area contributed by atoms with Crippen molar-refractivity contribution in [2.45, 2.75) is 45.6 Å². The number of nitrogens with one attached hydrogen (secondary N) is 1. The summed E-state index contributed by atoms with van der Waals surface area (Å²) in [6.45, 7) is 5.44. The first-order valence-electron chi connectivity index (χ1n) is 7.50. The van der Waals surface area contributed by atoms with Crippen molar-refractivity contribution >= 4 is 17.3 Å². The van der Waals surface area contributed by atoms with Crippen LogP contribution < -0.4 is 11.1 Å². The minimum atomic E-state index is 0.0486. The predicted molar refractivity (Wildman–Crippen MR) is 83.7 cm³/mol. The summed E-state index contributed by atoms with van der Waals surface area (Å²) in [7, 11) is 0. The Labute approximate surface area is 121 Å². The lowest BCUT2D eigenvalue weighted by atomic mass is 10.1. The molecule has 3 N–H and O–H groups in total. The first-order valence-corrected chi connectivity index (χ1v) is 7.50. The number of carbonyl (C=O) groups excluding carboxylic acids is 1. The molecule has 2 rings (SSSR count). The molecule has 1 aromatic carbocycles. The molecule has 1 saturated carbocycles. The first-order chi connectivity index (χ1) is 9.61. The SMILES string of the molecule is CCN(CC(=O)Nc1cccc(N)c1C)C1CCCC1. The van der Waals surface area contributed by atoms with Gasteiger partial charge in [-0.3, -0.25) is 9.69 Å². The van der Waals surface area contributed by atoms with Crippen LogP contribution in [0.15, 0.2) is 18.2 Å². The zero-order chi connectivity index (χ0) is 14.5. The second-order valence-corrected chi connectivity index (χ2v) is 5.57. The lowest BCUT2D eigenvalue weighted by molar-refractivity contribution is -0.117. The third kappa shape index (κ3) is 3.51. The molecule has 0 radical (unpaired) electrons.